The molecule has 0 fully saturated rings. The maximum Gasteiger partial charge on any atom is 0.228 e. The molecule has 0 heterocycles. The third-order valence-corrected chi connectivity index (χ3v) is 3.55. The molecule has 0 atom stereocenters. The van der Waals surface area contributed by atoms with Crippen molar-refractivity contribution in [2.24, 2.45) is 5.73 Å². The number of nitrogens with two attached hydrogens (primary N) is 1. The third kappa shape index (κ3) is 3.92. The van der Waals surface area contributed by atoms with Gasteiger partial charge in [-0.1, -0.05) is 56.3 Å². The van der Waals surface area contributed by atoms with Gasteiger partial charge in [0.1, 0.15) is 0 Å². The Hall–Kier alpha value is -2.13. The Morgan fingerprint density at radius 3 is 2.33 bits per heavy atom. The number of carbonyl (C=O) groups is 1. The number of nitrogens with one attached hydrogen (secondary N) is 1. The Bertz CT molecular complexity index is 620. The van der Waals surface area contributed by atoms with E-state index in [1.807, 2.05) is 48.5 Å². The van der Waals surface area contributed by atoms with E-state index in [4.69, 9.17) is 5.73 Å². The molecule has 0 bridgehead atoms. The third-order valence-electron chi connectivity index (χ3n) is 3.55. The first-order valence-electron chi connectivity index (χ1n) is 7.27. The quantitative estimate of drug-likeness (QED) is 0.882. The van der Waals surface area contributed by atoms with Gasteiger partial charge >= 0.3 is 0 Å². The molecule has 0 saturated heterocycles. The summed E-state index contributed by atoms with van der Waals surface area (Å²) in [5.41, 5.74) is 9.76. The summed E-state index contributed by atoms with van der Waals surface area (Å²) in [5.74, 6) is 0.363. The van der Waals surface area contributed by atoms with Crippen LogP contribution in [0.4, 0.5) is 5.69 Å². The molecular formula is C18H22N2O. The van der Waals surface area contributed by atoms with Crippen molar-refractivity contribution in [3.05, 3.63) is 65.2 Å². The first-order valence-corrected chi connectivity index (χ1v) is 7.27. The zero-order chi connectivity index (χ0) is 15.2. The van der Waals surface area contributed by atoms with Crippen molar-refractivity contribution in [3.63, 3.8) is 0 Å². The molecule has 1 amide bonds. The van der Waals surface area contributed by atoms with Crippen LogP contribution >= 0.6 is 0 Å². The van der Waals surface area contributed by atoms with Gasteiger partial charge in [-0.25, -0.2) is 0 Å². The largest absolute Gasteiger partial charge is 0.326 e. The van der Waals surface area contributed by atoms with Gasteiger partial charge < -0.3 is 11.1 Å². The lowest BCUT2D eigenvalue weighted by Crippen LogP contribution is -2.17. The Labute approximate surface area is 126 Å². The molecule has 0 aromatic heterocycles. The van der Waals surface area contributed by atoms with E-state index in [1.165, 1.54) is 0 Å². The molecule has 2 aromatic rings. The van der Waals surface area contributed by atoms with Gasteiger partial charge in [-0.2, -0.15) is 0 Å². The summed E-state index contributed by atoms with van der Waals surface area (Å²) < 4.78 is 0. The Morgan fingerprint density at radius 1 is 1.05 bits per heavy atom. The van der Waals surface area contributed by atoms with Crippen LogP contribution in [0.1, 0.15) is 36.5 Å². The van der Waals surface area contributed by atoms with Gasteiger partial charge in [-0.15, -0.1) is 0 Å². The van der Waals surface area contributed by atoms with Crippen LogP contribution in [-0.4, -0.2) is 5.91 Å². The summed E-state index contributed by atoms with van der Waals surface area (Å²) in [7, 11) is 0. The SMILES string of the molecule is CC(C)c1ccccc1NC(=O)Cc1ccccc1CN. The molecular weight excluding hydrogens is 260 g/mol. The smallest absolute Gasteiger partial charge is 0.228 e. The number of para-hydroxylation sites is 1. The number of hydrogen-bond acceptors (Lipinski definition) is 2. The summed E-state index contributed by atoms with van der Waals surface area (Å²) in [5, 5.41) is 3.01. The molecule has 0 aliphatic rings. The predicted molar refractivity (Wildman–Crippen MR) is 87.2 cm³/mol. The van der Waals surface area contributed by atoms with Crippen LogP contribution in [-0.2, 0) is 17.8 Å². The van der Waals surface area contributed by atoms with Crippen LogP contribution in [0.25, 0.3) is 0 Å². The second kappa shape index (κ2) is 7.04. The highest BCUT2D eigenvalue weighted by Gasteiger charge is 2.11. The topological polar surface area (TPSA) is 55.1 Å². The molecule has 0 radical (unpaired) electrons. The van der Waals surface area contributed by atoms with Crippen LogP contribution in [0.2, 0.25) is 0 Å². The molecule has 0 unspecified atom stereocenters. The molecule has 0 aliphatic heterocycles. The van der Waals surface area contributed by atoms with Gasteiger partial charge in [-0.3, -0.25) is 4.79 Å². The van der Waals surface area contributed by atoms with Crippen LogP contribution in [0.3, 0.4) is 0 Å². The summed E-state index contributed by atoms with van der Waals surface area (Å²) >= 11 is 0. The van der Waals surface area contributed by atoms with E-state index in [0.717, 1.165) is 22.4 Å². The Balaban J connectivity index is 2.12. The van der Waals surface area contributed by atoms with E-state index < -0.39 is 0 Å². The fourth-order valence-corrected chi connectivity index (χ4v) is 2.41. The molecule has 2 rings (SSSR count). The number of benzene rings is 2. The number of rotatable bonds is 5. The van der Waals surface area contributed by atoms with E-state index in [2.05, 4.69) is 19.2 Å². The number of carbonyl (C=O) groups excluding carboxylic acids is 1. The summed E-state index contributed by atoms with van der Waals surface area (Å²) in [6.07, 6.45) is 0.347. The molecule has 3 heteroatoms. The van der Waals surface area contributed by atoms with E-state index in [0.29, 0.717) is 18.9 Å². The predicted octanol–water partition coefficient (Wildman–Crippen LogP) is 3.45. The van der Waals surface area contributed by atoms with Crippen molar-refractivity contribution in [2.45, 2.75) is 32.7 Å². The Kier molecular flexibility index (Phi) is 5.12. The minimum absolute atomic E-state index is 0.0102. The van der Waals surface area contributed by atoms with Crippen molar-refractivity contribution in [3.8, 4) is 0 Å². The fraction of sp³-hybridized carbons (Fsp3) is 0.278. The highest BCUT2D eigenvalue weighted by atomic mass is 16.1. The van der Waals surface area contributed by atoms with Gasteiger partial charge in [0.2, 0.25) is 5.91 Å². The zero-order valence-electron chi connectivity index (χ0n) is 12.6. The van der Waals surface area contributed by atoms with E-state index >= 15 is 0 Å². The number of amides is 1. The Morgan fingerprint density at radius 2 is 1.67 bits per heavy atom. The lowest BCUT2D eigenvalue weighted by Gasteiger charge is -2.14. The first kappa shape index (κ1) is 15.3. The van der Waals surface area contributed by atoms with Crippen LogP contribution < -0.4 is 11.1 Å². The maximum atomic E-state index is 12.3. The maximum absolute atomic E-state index is 12.3. The molecule has 0 saturated carbocycles. The van der Waals surface area contributed by atoms with Crippen molar-refractivity contribution in [1.82, 2.24) is 0 Å². The fourth-order valence-electron chi connectivity index (χ4n) is 2.41. The monoisotopic (exact) mass is 282 g/mol. The molecule has 2 aromatic carbocycles. The van der Waals surface area contributed by atoms with E-state index in [-0.39, 0.29) is 5.91 Å². The van der Waals surface area contributed by atoms with Gasteiger partial charge in [0.25, 0.3) is 0 Å². The van der Waals surface area contributed by atoms with Crippen LogP contribution in [0.5, 0.6) is 0 Å². The van der Waals surface area contributed by atoms with Crippen molar-refractivity contribution in [1.29, 1.82) is 0 Å². The minimum Gasteiger partial charge on any atom is -0.326 e. The average Bonchev–Trinajstić information content (AvgIpc) is 2.48. The second-order valence-electron chi connectivity index (χ2n) is 5.44. The molecule has 3 N–H and O–H groups in total. The first-order chi connectivity index (χ1) is 10.1. The van der Waals surface area contributed by atoms with Gasteiger partial charge in [-0.05, 0) is 28.7 Å². The standard InChI is InChI=1S/C18H22N2O/c1-13(2)16-9-5-6-10-17(16)20-18(21)11-14-7-3-4-8-15(14)12-19/h3-10,13H,11-12,19H2,1-2H3,(H,20,21). The molecule has 3 nitrogen and oxygen atoms in total. The van der Waals surface area contributed by atoms with E-state index in [1.54, 1.807) is 0 Å². The average molecular weight is 282 g/mol. The minimum atomic E-state index is -0.0102. The lowest BCUT2D eigenvalue weighted by molar-refractivity contribution is -0.115. The van der Waals surface area contributed by atoms with Crippen LogP contribution in [0.15, 0.2) is 48.5 Å². The van der Waals surface area contributed by atoms with Crippen molar-refractivity contribution < 1.29 is 4.79 Å². The van der Waals surface area contributed by atoms with E-state index in [9.17, 15) is 4.79 Å². The van der Waals surface area contributed by atoms with Crippen LogP contribution in [0, 0.1) is 0 Å². The van der Waals surface area contributed by atoms with Crippen molar-refractivity contribution in [2.75, 3.05) is 5.32 Å². The zero-order valence-corrected chi connectivity index (χ0v) is 12.6. The molecule has 0 spiro atoms. The highest BCUT2D eigenvalue weighted by molar-refractivity contribution is 5.93. The van der Waals surface area contributed by atoms with Gasteiger partial charge in [0.15, 0.2) is 0 Å². The highest BCUT2D eigenvalue weighted by Crippen LogP contribution is 2.23. The van der Waals surface area contributed by atoms with Crippen molar-refractivity contribution >= 4 is 11.6 Å². The number of anilines is 1. The molecule has 21 heavy (non-hydrogen) atoms. The summed E-state index contributed by atoms with van der Waals surface area (Å²) in [4.78, 5) is 12.3. The van der Waals surface area contributed by atoms with Gasteiger partial charge in [0.05, 0.1) is 6.42 Å². The summed E-state index contributed by atoms with van der Waals surface area (Å²) in [6.45, 7) is 4.69. The summed E-state index contributed by atoms with van der Waals surface area (Å²) in [6, 6.07) is 15.7. The molecule has 0 aliphatic carbocycles. The van der Waals surface area contributed by atoms with Gasteiger partial charge in [0, 0.05) is 12.2 Å². The second-order valence-corrected chi connectivity index (χ2v) is 5.44. The molecule has 110 valence electrons. The number of hydrogen-bond donors (Lipinski definition) is 2. The normalized spacial score (nSPS) is 10.7. The lowest BCUT2D eigenvalue weighted by atomic mass is 10.0.